The van der Waals surface area contributed by atoms with Gasteiger partial charge in [-0.2, -0.15) is 0 Å². The number of hydrogen-bond donors (Lipinski definition) is 2. The van der Waals surface area contributed by atoms with E-state index in [9.17, 15) is 24.6 Å². The summed E-state index contributed by atoms with van der Waals surface area (Å²) >= 11 is 0. The minimum atomic E-state index is -2.47. The van der Waals surface area contributed by atoms with E-state index in [4.69, 9.17) is 28.4 Å². The van der Waals surface area contributed by atoms with E-state index in [0.717, 1.165) is 44.9 Å². The van der Waals surface area contributed by atoms with Crippen LogP contribution in [0.3, 0.4) is 0 Å². The number of ketones is 1. The molecule has 11 heteroatoms. The van der Waals surface area contributed by atoms with Gasteiger partial charge in [-0.25, -0.2) is 4.79 Å². The number of carbonyl (C=O) groups is 3. The monoisotopic (exact) mass is 887 g/mol. The van der Waals surface area contributed by atoms with Gasteiger partial charge in [-0.05, 0) is 56.4 Å². The van der Waals surface area contributed by atoms with Crippen molar-refractivity contribution in [1.82, 2.24) is 0 Å². The molecule has 0 spiro atoms. The van der Waals surface area contributed by atoms with E-state index in [1.165, 1.54) is 57.8 Å². The van der Waals surface area contributed by atoms with Gasteiger partial charge in [0.2, 0.25) is 0 Å². The lowest BCUT2D eigenvalue weighted by molar-refractivity contribution is -0.407. The number of allylic oxidation sites excluding steroid dienone is 3. The number of benzene rings is 1. The van der Waals surface area contributed by atoms with Crippen molar-refractivity contribution in [3.05, 3.63) is 84.0 Å². The summed E-state index contributed by atoms with van der Waals surface area (Å²) in [6.07, 6.45) is 24.0. The number of carbonyl (C=O) groups excluding carboxylic acids is 3. The first-order valence-electron chi connectivity index (χ1n) is 24.6. The molecule has 352 valence electrons. The van der Waals surface area contributed by atoms with Gasteiger partial charge in [-0.3, -0.25) is 9.59 Å². The molecule has 0 aromatic heterocycles. The fraction of sp³-hybridized carbons (Fsp3) is 0.679. The second-order valence-electron chi connectivity index (χ2n) is 19.6. The third-order valence-electron chi connectivity index (χ3n) is 15.2. The lowest BCUT2D eigenvalue weighted by Gasteiger charge is -2.61. The summed E-state index contributed by atoms with van der Waals surface area (Å²) in [5.74, 6) is -6.43. The zero-order chi connectivity index (χ0) is 45.8. The predicted octanol–water partition coefficient (Wildman–Crippen LogP) is 9.74. The van der Waals surface area contributed by atoms with Gasteiger partial charge in [-0.15, -0.1) is 0 Å². The SMILES string of the molecule is C=C(C)[C@@]12O[C@@]3(/C=C/C=C/CCCCC)O[C@@H]1[C@@H]1[C@@H]4O[C@]4(COC(=O)CCCCCCCCCCCCCCC)[C@H](O)[C@]4(O)C(=O)C(C)=C[C@@H]4[C@@]1(O3)[C@H](C)[C@H]2OC(=O)c1ccccc1. The number of aliphatic hydroxyl groups is 2. The summed E-state index contributed by atoms with van der Waals surface area (Å²) in [4.78, 5) is 41.8. The molecule has 3 heterocycles. The summed E-state index contributed by atoms with van der Waals surface area (Å²) in [6, 6.07) is 8.63. The molecule has 6 aliphatic rings. The van der Waals surface area contributed by atoms with Gasteiger partial charge in [0.25, 0.3) is 0 Å². The Kier molecular flexibility index (Phi) is 15.3. The molecule has 0 radical (unpaired) electrons. The van der Waals surface area contributed by atoms with Crippen LogP contribution < -0.4 is 0 Å². The van der Waals surface area contributed by atoms with Gasteiger partial charge in [0.05, 0.1) is 11.2 Å². The molecule has 11 nitrogen and oxygen atoms in total. The average Bonchev–Trinajstić information content (AvgIpc) is 3.90. The second kappa shape index (κ2) is 20.2. The minimum Gasteiger partial charge on any atom is -0.462 e. The summed E-state index contributed by atoms with van der Waals surface area (Å²) in [6.45, 7) is 13.7. The number of ether oxygens (including phenoxy) is 6. The highest BCUT2D eigenvalue weighted by Gasteiger charge is 2.90. The van der Waals surface area contributed by atoms with E-state index in [1.54, 1.807) is 56.3 Å². The Bertz CT molecular complexity index is 1920. The van der Waals surface area contributed by atoms with Crippen LogP contribution in [0, 0.1) is 17.8 Å². The van der Waals surface area contributed by atoms with Gasteiger partial charge < -0.3 is 38.6 Å². The van der Waals surface area contributed by atoms with Crippen molar-refractivity contribution in [3.63, 3.8) is 0 Å². The number of Topliss-reactive ketones (excluding diaryl/α,β-unsaturated/α-hetero) is 1. The normalized spacial score (nSPS) is 36.7. The van der Waals surface area contributed by atoms with E-state index in [-0.39, 0.29) is 12.0 Å². The van der Waals surface area contributed by atoms with Crippen LogP contribution in [0.5, 0.6) is 0 Å². The van der Waals surface area contributed by atoms with Crippen LogP contribution in [0.1, 0.15) is 161 Å². The maximum absolute atomic E-state index is 14.4. The molecular weight excluding hydrogens is 813 g/mol. The number of aliphatic hydroxyl groups excluding tert-OH is 1. The van der Waals surface area contributed by atoms with Crippen molar-refractivity contribution >= 4 is 17.7 Å². The van der Waals surface area contributed by atoms with E-state index >= 15 is 0 Å². The largest absolute Gasteiger partial charge is 0.462 e. The van der Waals surface area contributed by atoms with Gasteiger partial charge in [0.1, 0.15) is 31.0 Å². The lowest BCUT2D eigenvalue weighted by Crippen LogP contribution is -2.76. The Morgan fingerprint density at radius 1 is 0.844 bits per heavy atom. The first-order valence-corrected chi connectivity index (χ1v) is 24.6. The van der Waals surface area contributed by atoms with Gasteiger partial charge in [0.15, 0.2) is 22.6 Å². The number of fused-ring (bicyclic) bond motifs is 3. The zero-order valence-corrected chi connectivity index (χ0v) is 39.0. The summed E-state index contributed by atoms with van der Waals surface area (Å²) in [5, 5.41) is 25.4. The topological polar surface area (TPSA) is 150 Å². The van der Waals surface area contributed by atoms with E-state index in [2.05, 4.69) is 26.5 Å². The molecule has 3 aliphatic heterocycles. The minimum absolute atomic E-state index is 0.198. The first kappa shape index (κ1) is 48.5. The molecule has 64 heavy (non-hydrogen) atoms. The Balaban J connectivity index is 1.13. The van der Waals surface area contributed by atoms with E-state index in [0.29, 0.717) is 17.6 Å². The molecular formula is C53H74O11. The molecule has 3 aliphatic carbocycles. The molecule has 0 unspecified atom stereocenters. The first-order chi connectivity index (χ1) is 30.8. The molecule has 2 saturated carbocycles. The molecule has 5 fully saturated rings. The van der Waals surface area contributed by atoms with Crippen molar-refractivity contribution in [2.24, 2.45) is 17.8 Å². The lowest BCUT2D eigenvalue weighted by atomic mass is 9.53. The highest BCUT2D eigenvalue weighted by molar-refractivity contribution is 6.05. The van der Waals surface area contributed by atoms with Crippen molar-refractivity contribution in [1.29, 1.82) is 0 Å². The summed E-state index contributed by atoms with van der Waals surface area (Å²) in [7, 11) is 0. The van der Waals surface area contributed by atoms with Crippen LogP contribution in [-0.2, 0) is 38.0 Å². The van der Waals surface area contributed by atoms with Crippen molar-refractivity contribution in [2.75, 3.05) is 6.61 Å². The molecule has 2 N–H and O–H groups in total. The van der Waals surface area contributed by atoms with Crippen LogP contribution in [0.15, 0.2) is 78.4 Å². The van der Waals surface area contributed by atoms with Crippen LogP contribution in [0.4, 0.5) is 0 Å². The molecule has 0 amide bonds. The third kappa shape index (κ3) is 8.67. The predicted molar refractivity (Wildman–Crippen MR) is 243 cm³/mol. The van der Waals surface area contributed by atoms with Crippen LogP contribution in [0.2, 0.25) is 0 Å². The zero-order valence-electron chi connectivity index (χ0n) is 39.0. The third-order valence-corrected chi connectivity index (χ3v) is 15.2. The Hall–Kier alpha value is -3.45. The van der Waals surface area contributed by atoms with Crippen molar-refractivity contribution in [2.45, 2.75) is 203 Å². The number of unbranched alkanes of at least 4 members (excludes halogenated alkanes) is 15. The van der Waals surface area contributed by atoms with Crippen LogP contribution in [0.25, 0.3) is 0 Å². The van der Waals surface area contributed by atoms with E-state index in [1.807, 2.05) is 19.1 Å². The molecule has 3 saturated heterocycles. The number of epoxide rings is 1. The Morgan fingerprint density at radius 2 is 1.47 bits per heavy atom. The second-order valence-corrected chi connectivity index (χ2v) is 19.6. The molecule has 12 atom stereocenters. The van der Waals surface area contributed by atoms with Crippen LogP contribution >= 0.6 is 0 Å². The Morgan fingerprint density at radius 3 is 2.11 bits per heavy atom. The Labute approximate surface area is 381 Å². The maximum Gasteiger partial charge on any atom is 0.338 e. The van der Waals surface area contributed by atoms with Crippen LogP contribution in [-0.4, -0.2) is 87.3 Å². The van der Waals surface area contributed by atoms with Gasteiger partial charge in [0, 0.05) is 30.3 Å². The van der Waals surface area contributed by atoms with Crippen molar-refractivity contribution < 1.29 is 53.0 Å². The molecule has 1 aromatic carbocycles. The molecule has 7 rings (SSSR count). The molecule has 3 bridgehead atoms. The number of rotatable bonds is 25. The number of esters is 2. The average molecular weight is 887 g/mol. The van der Waals surface area contributed by atoms with Crippen molar-refractivity contribution in [3.8, 4) is 0 Å². The van der Waals surface area contributed by atoms with E-state index < -0.39 is 94.9 Å². The molecule has 1 aromatic rings. The highest BCUT2D eigenvalue weighted by Crippen LogP contribution is 2.73. The summed E-state index contributed by atoms with van der Waals surface area (Å²) < 4.78 is 40.2. The quantitative estimate of drug-likeness (QED) is 0.0318. The fourth-order valence-electron chi connectivity index (χ4n) is 11.8. The standard InChI is InChI=1S/C53H74O11/c1-7-9-11-13-15-16-17-18-19-20-21-23-28-32-41(54)59-35-49-45(61-49)42-46-52(36(3)4)44(60-47(56)39-30-26-25-27-31-39)38(6)53(42,40-34-37(5)43(55)51(40,58)48(49)57)64-50(62-46,63-52)33-29-24-22-14-12-10-8-2/h22,24-27,29-31,33-34,38,40,42,44-46,48,57-58H,3,7-21,23,28,32,35H2,1-2,4-6H3/b24-22+,33-29+/t38-,40+,42+,44-,45+,46-,48+,49+,50-,51-,52+,53+/m1/s1. The number of hydrogen-bond acceptors (Lipinski definition) is 11. The fourth-order valence-corrected chi connectivity index (χ4v) is 11.8. The summed E-state index contributed by atoms with van der Waals surface area (Å²) in [5.41, 5.74) is -6.20. The van der Waals surface area contributed by atoms with Gasteiger partial charge in [-0.1, -0.05) is 160 Å². The highest BCUT2D eigenvalue weighted by atomic mass is 16.9. The smallest absolute Gasteiger partial charge is 0.338 e. The van der Waals surface area contributed by atoms with Gasteiger partial charge >= 0.3 is 17.9 Å². The maximum atomic E-state index is 14.4.